The number of nitrogens with zero attached hydrogens (tertiary/aromatic N) is 10. The predicted molar refractivity (Wildman–Crippen MR) is 127 cm³/mol. The smallest absolute Gasteiger partial charge is 0.352 e. The molecular weight excluding hydrogens is 480 g/mol. The molecular formula is C19H26N10O3S2. The maximum atomic E-state index is 12.8. The van der Waals surface area contributed by atoms with E-state index in [0.717, 1.165) is 38.8 Å². The van der Waals surface area contributed by atoms with Gasteiger partial charge in [0.15, 0.2) is 6.04 Å². The molecule has 0 spiro atoms. The maximum absolute atomic E-state index is 12.8. The zero-order chi connectivity index (χ0) is 24.1. The van der Waals surface area contributed by atoms with Crippen LogP contribution in [0.4, 0.5) is 0 Å². The van der Waals surface area contributed by atoms with Gasteiger partial charge >= 0.3 is 5.97 Å². The lowest BCUT2D eigenvalue weighted by Crippen LogP contribution is -2.64. The van der Waals surface area contributed by atoms with Crippen LogP contribution in [0.3, 0.4) is 0 Å². The number of hydrogen-bond acceptors (Lipinski definition) is 9. The number of likely N-dealkylation sites (tertiary alicyclic amines) is 1. The van der Waals surface area contributed by atoms with Crippen LogP contribution in [0.15, 0.2) is 26.5 Å². The molecule has 4 rings (SSSR count). The van der Waals surface area contributed by atoms with Crippen molar-refractivity contribution in [3.8, 4) is 0 Å². The topological polar surface area (TPSA) is 166 Å². The number of carbonyl (C=O) groups is 2. The van der Waals surface area contributed by atoms with Gasteiger partial charge in [0.05, 0.1) is 6.34 Å². The minimum absolute atomic E-state index is 0.0596. The van der Waals surface area contributed by atoms with Crippen molar-refractivity contribution in [3.63, 3.8) is 0 Å². The fraction of sp³-hybridized carbons (Fsp3) is 0.684. The number of aliphatic carboxylic acids is 1. The summed E-state index contributed by atoms with van der Waals surface area (Å²) in [4.78, 5) is 35.7. The average Bonchev–Trinajstić information content (AvgIpc) is 3.25. The van der Waals surface area contributed by atoms with E-state index in [1.54, 1.807) is 25.1 Å². The highest BCUT2D eigenvalue weighted by Crippen LogP contribution is 2.42. The quantitative estimate of drug-likeness (QED) is 0.0727. The highest BCUT2D eigenvalue weighted by atomic mass is 32.2. The lowest BCUT2D eigenvalue weighted by atomic mass is 9.92. The zero-order valence-corrected chi connectivity index (χ0v) is 20.4. The summed E-state index contributed by atoms with van der Waals surface area (Å²) in [6.07, 6.45) is 5.80. The standard InChI is InChI=1S/C19H26N10O3S2/c1-27-19(23-25-26-27)34-10-13-9-33-17-14(16(30)29(17)15(13)18(31)32)21-11-28-7-4-12(5-8-28)3-2-6-22-24-20/h11-12,14,17H,2-10H2,1H3,(H,31,32)/t14?,17-/m1/s1. The molecule has 1 aromatic rings. The minimum Gasteiger partial charge on any atom is -0.477 e. The van der Waals surface area contributed by atoms with E-state index < -0.39 is 12.0 Å². The number of fused-ring (bicyclic) bond motifs is 1. The molecule has 4 heterocycles. The van der Waals surface area contributed by atoms with Crippen LogP contribution < -0.4 is 0 Å². The molecule has 15 heteroatoms. The first-order valence-electron chi connectivity index (χ1n) is 11.0. The Balaban J connectivity index is 1.32. The zero-order valence-electron chi connectivity index (χ0n) is 18.7. The van der Waals surface area contributed by atoms with Crippen molar-refractivity contribution in [1.29, 1.82) is 0 Å². The molecule has 0 saturated carbocycles. The Morgan fingerprint density at radius 3 is 2.88 bits per heavy atom. The third-order valence-corrected chi connectivity index (χ3v) is 8.57. The van der Waals surface area contributed by atoms with Gasteiger partial charge in [0.25, 0.3) is 5.91 Å². The van der Waals surface area contributed by atoms with Crippen molar-refractivity contribution < 1.29 is 14.7 Å². The van der Waals surface area contributed by atoms with Gasteiger partial charge in [-0.2, -0.15) is 0 Å². The summed E-state index contributed by atoms with van der Waals surface area (Å²) in [6.45, 7) is 2.29. The van der Waals surface area contributed by atoms with E-state index in [9.17, 15) is 14.7 Å². The molecule has 2 atom stereocenters. The van der Waals surface area contributed by atoms with Gasteiger partial charge < -0.3 is 10.0 Å². The monoisotopic (exact) mass is 506 g/mol. The number of piperidine rings is 1. The van der Waals surface area contributed by atoms with Gasteiger partial charge in [0, 0.05) is 43.1 Å². The Kier molecular flexibility index (Phi) is 7.95. The molecule has 182 valence electrons. The largest absolute Gasteiger partial charge is 0.477 e. The summed E-state index contributed by atoms with van der Waals surface area (Å²) in [7, 11) is 1.72. The van der Waals surface area contributed by atoms with E-state index >= 15 is 0 Å². The Morgan fingerprint density at radius 1 is 1.41 bits per heavy atom. The number of β-lactam (4-membered cyclic amide) rings is 1. The number of carboxylic acid groups (broad SMARTS) is 1. The van der Waals surface area contributed by atoms with Crippen molar-refractivity contribution in [2.24, 2.45) is 23.1 Å². The van der Waals surface area contributed by atoms with Gasteiger partial charge in [-0.15, -0.1) is 16.9 Å². The Morgan fingerprint density at radius 2 is 2.21 bits per heavy atom. The van der Waals surface area contributed by atoms with Gasteiger partial charge in [0.1, 0.15) is 11.1 Å². The van der Waals surface area contributed by atoms with E-state index in [4.69, 9.17) is 5.53 Å². The molecule has 13 nitrogen and oxygen atoms in total. The third-order valence-electron chi connectivity index (χ3n) is 6.15. The molecule has 1 N–H and O–H groups in total. The lowest BCUT2D eigenvalue weighted by Gasteiger charge is -2.48. The molecule has 2 fully saturated rings. The number of tetrazole rings is 1. The Labute approximate surface area is 204 Å². The van der Waals surface area contributed by atoms with Gasteiger partial charge in [-0.05, 0) is 46.7 Å². The molecule has 2 saturated heterocycles. The van der Waals surface area contributed by atoms with Crippen LogP contribution >= 0.6 is 23.5 Å². The van der Waals surface area contributed by atoms with E-state index in [-0.39, 0.29) is 17.0 Å². The predicted octanol–water partition coefficient (Wildman–Crippen LogP) is 1.76. The number of hydrogen-bond donors (Lipinski definition) is 1. The first kappa shape index (κ1) is 24.4. The fourth-order valence-electron chi connectivity index (χ4n) is 4.29. The van der Waals surface area contributed by atoms with Crippen LogP contribution in [0, 0.1) is 5.92 Å². The van der Waals surface area contributed by atoms with Crippen LogP contribution in [0.5, 0.6) is 0 Å². The normalized spacial score (nSPS) is 23.1. The summed E-state index contributed by atoms with van der Waals surface area (Å²) in [6, 6.07) is -0.557. The number of amides is 1. The Bertz CT molecular complexity index is 1030. The number of aromatic nitrogens is 4. The summed E-state index contributed by atoms with van der Waals surface area (Å²) in [5.74, 6) is 0.147. The van der Waals surface area contributed by atoms with Crippen LogP contribution in [-0.2, 0) is 16.6 Å². The van der Waals surface area contributed by atoms with Gasteiger partial charge in [-0.1, -0.05) is 23.3 Å². The number of azide groups is 1. The van der Waals surface area contributed by atoms with Crippen LogP contribution in [0.25, 0.3) is 10.4 Å². The molecule has 0 aliphatic carbocycles. The molecule has 1 aromatic heterocycles. The number of carbonyl (C=O) groups excluding carboxylic acids is 1. The SMILES string of the molecule is Cn1nnnc1SCC1=C(C(=O)O)N2C(=O)C(N=CN3CCC(CCCN=[N+]=[N-])CC3)[C@H]2SC1. The maximum Gasteiger partial charge on any atom is 0.352 e. The average molecular weight is 507 g/mol. The van der Waals surface area contributed by atoms with E-state index in [2.05, 4.69) is 35.4 Å². The van der Waals surface area contributed by atoms with Crippen LogP contribution in [0.1, 0.15) is 25.7 Å². The molecule has 34 heavy (non-hydrogen) atoms. The first-order chi connectivity index (χ1) is 16.5. The minimum atomic E-state index is -1.10. The molecule has 1 unspecified atom stereocenters. The molecule has 0 aromatic carbocycles. The molecule has 0 radical (unpaired) electrons. The second-order valence-electron chi connectivity index (χ2n) is 8.33. The molecule has 1 amide bonds. The lowest BCUT2D eigenvalue weighted by molar-refractivity contribution is -0.147. The first-order valence-corrected chi connectivity index (χ1v) is 13.1. The van der Waals surface area contributed by atoms with Gasteiger partial charge in [-0.25, -0.2) is 9.48 Å². The summed E-state index contributed by atoms with van der Waals surface area (Å²) >= 11 is 2.89. The third kappa shape index (κ3) is 5.31. The highest BCUT2D eigenvalue weighted by Gasteiger charge is 2.53. The van der Waals surface area contributed by atoms with Crippen molar-refractivity contribution in [3.05, 3.63) is 21.7 Å². The van der Waals surface area contributed by atoms with Gasteiger partial charge in [-0.3, -0.25) is 14.7 Å². The number of carboxylic acids is 1. The number of rotatable bonds is 10. The second kappa shape index (κ2) is 11.1. The van der Waals surface area contributed by atoms with Crippen molar-refractivity contribution in [2.45, 2.75) is 42.3 Å². The Hall–Kier alpha value is -2.77. The fourth-order valence-corrected chi connectivity index (χ4v) is 6.62. The van der Waals surface area contributed by atoms with Crippen LogP contribution in [-0.4, -0.2) is 95.9 Å². The number of thioether (sulfide) groups is 2. The van der Waals surface area contributed by atoms with E-state index in [1.165, 1.54) is 21.3 Å². The van der Waals surface area contributed by atoms with Crippen molar-refractivity contribution in [1.82, 2.24) is 30.0 Å². The van der Waals surface area contributed by atoms with Gasteiger partial charge in [0.2, 0.25) is 5.16 Å². The summed E-state index contributed by atoms with van der Waals surface area (Å²) in [5.41, 5.74) is 9.09. The number of aliphatic imine (C=N–C) groups is 1. The molecule has 0 bridgehead atoms. The molecule has 3 aliphatic heterocycles. The highest BCUT2D eigenvalue weighted by molar-refractivity contribution is 8.01. The van der Waals surface area contributed by atoms with Crippen molar-refractivity contribution in [2.75, 3.05) is 31.1 Å². The van der Waals surface area contributed by atoms with E-state index in [1.807, 2.05) is 0 Å². The second-order valence-corrected chi connectivity index (χ2v) is 10.4. The summed E-state index contributed by atoms with van der Waals surface area (Å²) < 4.78 is 1.52. The summed E-state index contributed by atoms with van der Waals surface area (Å²) in [5, 5.41) is 25.0. The molecule has 3 aliphatic rings. The number of aryl methyl sites for hydroxylation is 1. The van der Waals surface area contributed by atoms with Crippen molar-refractivity contribution >= 4 is 41.7 Å². The van der Waals surface area contributed by atoms with Crippen LogP contribution in [0.2, 0.25) is 0 Å². The van der Waals surface area contributed by atoms with E-state index in [0.29, 0.717) is 34.7 Å².